The van der Waals surface area contributed by atoms with Gasteiger partial charge < -0.3 is 9.47 Å². The van der Waals surface area contributed by atoms with Gasteiger partial charge in [-0.2, -0.15) is 0 Å². The number of hydrogen-bond acceptors (Lipinski definition) is 5. The quantitative estimate of drug-likeness (QED) is 0.433. The molecule has 5 heteroatoms. The van der Waals surface area contributed by atoms with Crippen LogP contribution < -0.4 is 0 Å². The molecule has 0 aliphatic heterocycles. The molecule has 0 saturated heterocycles. The van der Waals surface area contributed by atoms with Gasteiger partial charge in [0, 0.05) is 26.2 Å². The molecule has 0 amide bonds. The van der Waals surface area contributed by atoms with E-state index < -0.39 is 0 Å². The highest BCUT2D eigenvalue weighted by Crippen LogP contribution is 2.66. The molecule has 4 fully saturated rings. The number of rotatable bonds is 6. The van der Waals surface area contributed by atoms with Gasteiger partial charge in [-0.3, -0.25) is 14.4 Å². The summed E-state index contributed by atoms with van der Waals surface area (Å²) in [5, 5.41) is 0. The highest BCUT2D eigenvalue weighted by molar-refractivity contribution is 5.80. The Morgan fingerprint density at radius 1 is 1.06 bits per heavy atom. The third kappa shape index (κ3) is 4.69. The van der Waals surface area contributed by atoms with Crippen molar-refractivity contribution in [3.05, 3.63) is 0 Å². The first-order valence-electron chi connectivity index (χ1n) is 13.8. The van der Waals surface area contributed by atoms with E-state index >= 15 is 0 Å². The number of ketones is 1. The number of esters is 2. The zero-order valence-electron chi connectivity index (χ0n) is 22.1. The third-order valence-corrected chi connectivity index (χ3v) is 11.0. The van der Waals surface area contributed by atoms with E-state index in [4.69, 9.17) is 9.47 Å². The van der Waals surface area contributed by atoms with Crippen molar-refractivity contribution in [3.8, 4) is 0 Å². The van der Waals surface area contributed by atoms with Crippen LogP contribution in [-0.2, 0) is 23.9 Å². The summed E-state index contributed by atoms with van der Waals surface area (Å²) in [7, 11) is 1.46. The van der Waals surface area contributed by atoms with E-state index in [1.165, 1.54) is 39.7 Å². The maximum atomic E-state index is 13.5. The van der Waals surface area contributed by atoms with Crippen LogP contribution in [0.4, 0.5) is 0 Å². The van der Waals surface area contributed by atoms with Gasteiger partial charge in [0.05, 0.1) is 7.11 Å². The monoisotopic (exact) mass is 474 g/mol. The lowest BCUT2D eigenvalue weighted by Gasteiger charge is -2.56. The zero-order valence-corrected chi connectivity index (χ0v) is 22.1. The minimum Gasteiger partial charge on any atom is -0.469 e. The Hall–Kier alpha value is -1.39. The van der Waals surface area contributed by atoms with Crippen LogP contribution in [0.25, 0.3) is 0 Å². The third-order valence-electron chi connectivity index (χ3n) is 11.0. The number of carbonyl (C=O) groups excluding carboxylic acids is 3. The fraction of sp³-hybridized carbons (Fsp3) is 0.897. The second-order valence-electron chi connectivity index (χ2n) is 12.7. The fourth-order valence-corrected chi connectivity index (χ4v) is 9.42. The maximum Gasteiger partial charge on any atom is 0.305 e. The van der Waals surface area contributed by atoms with Crippen LogP contribution in [0.1, 0.15) is 105 Å². The Morgan fingerprint density at radius 3 is 2.53 bits per heavy atom. The summed E-state index contributed by atoms with van der Waals surface area (Å²) in [6, 6.07) is 0. The second-order valence-corrected chi connectivity index (χ2v) is 12.7. The molecule has 0 radical (unpaired) electrons. The van der Waals surface area contributed by atoms with Crippen molar-refractivity contribution in [2.75, 3.05) is 7.11 Å². The average molecular weight is 475 g/mol. The molecule has 5 nitrogen and oxygen atoms in total. The van der Waals surface area contributed by atoms with Gasteiger partial charge in [0.25, 0.3) is 0 Å². The molecule has 4 aliphatic rings. The summed E-state index contributed by atoms with van der Waals surface area (Å²) in [4.78, 5) is 36.6. The van der Waals surface area contributed by atoms with E-state index in [-0.39, 0.29) is 28.9 Å². The molecule has 9 atom stereocenters. The summed E-state index contributed by atoms with van der Waals surface area (Å²) >= 11 is 0. The Labute approximate surface area is 206 Å². The Balaban J connectivity index is 1.50. The zero-order chi connectivity index (χ0) is 24.7. The molecule has 0 bridgehead atoms. The van der Waals surface area contributed by atoms with Crippen LogP contribution in [0, 0.1) is 46.3 Å². The molecule has 192 valence electrons. The second kappa shape index (κ2) is 9.93. The first-order chi connectivity index (χ1) is 16.1. The summed E-state index contributed by atoms with van der Waals surface area (Å²) in [6.45, 7) is 8.74. The topological polar surface area (TPSA) is 69.7 Å². The first kappa shape index (κ1) is 25.7. The molecule has 4 saturated carbocycles. The van der Waals surface area contributed by atoms with E-state index in [9.17, 15) is 14.4 Å². The van der Waals surface area contributed by atoms with Crippen LogP contribution in [-0.4, -0.2) is 30.9 Å². The lowest BCUT2D eigenvalue weighted by molar-refractivity contribution is -0.155. The van der Waals surface area contributed by atoms with Crippen molar-refractivity contribution in [2.45, 2.75) is 111 Å². The molecule has 0 N–H and O–H groups in total. The van der Waals surface area contributed by atoms with Crippen LogP contribution in [0.5, 0.6) is 0 Å². The van der Waals surface area contributed by atoms with Crippen molar-refractivity contribution >= 4 is 17.7 Å². The number of ether oxygens (including phenoxy) is 2. The van der Waals surface area contributed by atoms with E-state index in [0.717, 1.165) is 44.9 Å². The van der Waals surface area contributed by atoms with Gasteiger partial charge in [0.15, 0.2) is 0 Å². The van der Waals surface area contributed by atoms with Gasteiger partial charge >= 0.3 is 11.9 Å². The number of methoxy groups -OCH3 is 1. The Kier molecular flexibility index (Phi) is 7.51. The molecule has 0 spiro atoms. The average Bonchev–Trinajstić information content (AvgIpc) is 3.04. The van der Waals surface area contributed by atoms with Crippen LogP contribution in [0.15, 0.2) is 0 Å². The highest BCUT2D eigenvalue weighted by atomic mass is 16.5. The molecular weight excluding hydrogens is 428 g/mol. The minimum absolute atomic E-state index is 0.0561. The van der Waals surface area contributed by atoms with Crippen molar-refractivity contribution in [3.63, 3.8) is 0 Å². The van der Waals surface area contributed by atoms with Gasteiger partial charge in [0.1, 0.15) is 11.9 Å². The number of hydrogen-bond donors (Lipinski definition) is 0. The predicted octanol–water partition coefficient (Wildman–Crippen LogP) is 6.13. The smallest absolute Gasteiger partial charge is 0.305 e. The van der Waals surface area contributed by atoms with E-state index in [2.05, 4.69) is 20.8 Å². The summed E-state index contributed by atoms with van der Waals surface area (Å²) in [6.07, 6.45) is 11.8. The molecular formula is C29H46O5. The van der Waals surface area contributed by atoms with Gasteiger partial charge in [-0.15, -0.1) is 0 Å². The predicted molar refractivity (Wildman–Crippen MR) is 131 cm³/mol. The van der Waals surface area contributed by atoms with E-state index in [0.29, 0.717) is 47.7 Å². The van der Waals surface area contributed by atoms with Crippen molar-refractivity contribution in [2.24, 2.45) is 46.3 Å². The normalized spacial score (nSPS) is 42.6. The number of fused-ring (bicyclic) bond motifs is 5. The van der Waals surface area contributed by atoms with Crippen molar-refractivity contribution in [1.29, 1.82) is 0 Å². The standard InChI is InChI=1S/C29H46O5/c1-18(7-6-8-27(32)33-5)24-11-12-25-23-10-9-20-15-22(34-19(2)30)13-14-28(20,3)26(23)16-21(31)17-29(24,25)4/h18,20,22-26H,6-17H2,1-5H3/t18?,20-,22-,23+,24?,25?,26?,28+,29-/m1/s1. The van der Waals surface area contributed by atoms with Gasteiger partial charge in [-0.1, -0.05) is 20.8 Å². The Bertz CT molecular complexity index is 791. The Morgan fingerprint density at radius 2 is 1.82 bits per heavy atom. The van der Waals surface area contributed by atoms with Gasteiger partial charge in [-0.05, 0) is 104 Å². The van der Waals surface area contributed by atoms with Crippen molar-refractivity contribution < 1.29 is 23.9 Å². The van der Waals surface area contributed by atoms with Gasteiger partial charge in [-0.25, -0.2) is 0 Å². The first-order valence-corrected chi connectivity index (χ1v) is 13.8. The molecule has 4 aliphatic carbocycles. The summed E-state index contributed by atoms with van der Waals surface area (Å²) in [5.41, 5.74) is 0.268. The van der Waals surface area contributed by atoms with Crippen LogP contribution in [0.2, 0.25) is 0 Å². The highest BCUT2D eigenvalue weighted by Gasteiger charge is 2.60. The van der Waals surface area contributed by atoms with Crippen LogP contribution in [0.3, 0.4) is 0 Å². The molecule has 0 aromatic heterocycles. The van der Waals surface area contributed by atoms with Gasteiger partial charge in [0.2, 0.25) is 0 Å². The molecule has 0 aromatic rings. The maximum absolute atomic E-state index is 13.5. The molecule has 4 rings (SSSR count). The molecule has 0 heterocycles. The molecule has 0 aromatic carbocycles. The lowest BCUT2D eigenvalue weighted by Crippen LogP contribution is -2.50. The summed E-state index contributed by atoms with van der Waals surface area (Å²) in [5.74, 6) is 3.55. The summed E-state index contributed by atoms with van der Waals surface area (Å²) < 4.78 is 10.4. The number of carbonyl (C=O) groups is 3. The molecule has 4 unspecified atom stereocenters. The largest absolute Gasteiger partial charge is 0.469 e. The number of Topliss-reactive ketones (excluding diaryl/α,β-unsaturated/α-hetero) is 1. The lowest BCUT2D eigenvalue weighted by atomic mass is 9.49. The minimum atomic E-state index is -0.166. The van der Waals surface area contributed by atoms with E-state index in [1.807, 2.05) is 0 Å². The van der Waals surface area contributed by atoms with E-state index in [1.54, 1.807) is 0 Å². The van der Waals surface area contributed by atoms with Crippen molar-refractivity contribution in [1.82, 2.24) is 0 Å². The van der Waals surface area contributed by atoms with Crippen LogP contribution >= 0.6 is 0 Å². The SMILES string of the molecule is COC(=O)CCCC(C)C1CCC2[C@@H]3CC[C@@H]4C[C@H](OC(C)=O)CC[C@]4(C)C3CC(=O)C[C@]12C. The fourth-order valence-electron chi connectivity index (χ4n) is 9.42. The molecule has 34 heavy (non-hydrogen) atoms.